The van der Waals surface area contributed by atoms with Crippen molar-refractivity contribution in [3.63, 3.8) is 0 Å². The van der Waals surface area contributed by atoms with Crippen molar-refractivity contribution in [3.05, 3.63) is 47.4 Å². The number of aryl methyl sites for hydroxylation is 1. The number of nitrogens with zero attached hydrogens (tertiary/aromatic N) is 3. The molecule has 1 aromatic heterocycles. The zero-order valence-electron chi connectivity index (χ0n) is 14.9. The quantitative estimate of drug-likeness (QED) is 0.831. The molecular formula is C18H23FN4O2S. The van der Waals surface area contributed by atoms with E-state index in [1.54, 1.807) is 12.1 Å². The average Bonchev–Trinajstić information content (AvgIpc) is 2.95. The predicted molar refractivity (Wildman–Crippen MR) is 101 cm³/mol. The molecule has 140 valence electrons. The second kappa shape index (κ2) is 7.57. The third kappa shape index (κ3) is 4.69. The first-order valence-electron chi connectivity index (χ1n) is 8.60. The van der Waals surface area contributed by atoms with E-state index in [-0.39, 0.29) is 23.4 Å². The third-order valence-electron chi connectivity index (χ3n) is 4.57. The van der Waals surface area contributed by atoms with Crippen LogP contribution >= 0.6 is 0 Å². The second-order valence-electron chi connectivity index (χ2n) is 6.66. The molecule has 0 aliphatic carbocycles. The predicted octanol–water partition coefficient (Wildman–Crippen LogP) is 2.20. The summed E-state index contributed by atoms with van der Waals surface area (Å²) in [7, 11) is -1.07. The van der Waals surface area contributed by atoms with Gasteiger partial charge in [-0.1, -0.05) is 12.1 Å². The van der Waals surface area contributed by atoms with Crippen molar-refractivity contribution in [3.8, 4) is 0 Å². The highest BCUT2D eigenvalue weighted by molar-refractivity contribution is 7.91. The second-order valence-corrected chi connectivity index (χ2v) is 8.89. The van der Waals surface area contributed by atoms with E-state index < -0.39 is 9.84 Å². The molecular weight excluding hydrogens is 355 g/mol. The molecule has 1 aliphatic rings. The van der Waals surface area contributed by atoms with Gasteiger partial charge in [-0.3, -0.25) is 0 Å². The van der Waals surface area contributed by atoms with Crippen molar-refractivity contribution in [2.24, 2.45) is 0 Å². The van der Waals surface area contributed by atoms with Crippen molar-refractivity contribution in [1.29, 1.82) is 0 Å². The van der Waals surface area contributed by atoms with E-state index in [1.165, 1.54) is 12.1 Å². The first-order chi connectivity index (χ1) is 12.3. The molecule has 8 heteroatoms. The van der Waals surface area contributed by atoms with E-state index in [0.717, 1.165) is 17.7 Å². The van der Waals surface area contributed by atoms with Crippen LogP contribution in [0.15, 0.2) is 30.3 Å². The molecule has 2 heterocycles. The van der Waals surface area contributed by atoms with Gasteiger partial charge in [0.2, 0.25) is 5.95 Å². The van der Waals surface area contributed by atoms with Crippen molar-refractivity contribution >= 4 is 21.6 Å². The molecule has 1 aliphatic heterocycles. The largest absolute Gasteiger partial charge is 0.355 e. The van der Waals surface area contributed by atoms with Crippen LogP contribution in [0.1, 0.15) is 17.7 Å². The molecule has 1 aromatic carbocycles. The highest BCUT2D eigenvalue weighted by Crippen LogP contribution is 2.22. The Morgan fingerprint density at radius 3 is 2.65 bits per heavy atom. The van der Waals surface area contributed by atoms with Gasteiger partial charge in [-0.25, -0.2) is 17.8 Å². The molecule has 6 nitrogen and oxygen atoms in total. The Morgan fingerprint density at radius 2 is 2.00 bits per heavy atom. The number of benzene rings is 1. The van der Waals surface area contributed by atoms with E-state index in [1.807, 2.05) is 24.9 Å². The standard InChI is InChI=1S/C18H23FN4O2S/c1-13-11-17(23(2)16-8-10-26(24,25)12-16)22-18(21-13)20-9-7-14-3-5-15(19)6-4-14/h3-6,11,16H,7-10,12H2,1-2H3,(H,20,21,22). The molecule has 2 aromatic rings. The molecule has 0 amide bonds. The van der Waals surface area contributed by atoms with Gasteiger partial charge in [0.05, 0.1) is 11.5 Å². The Labute approximate surface area is 153 Å². The maximum absolute atomic E-state index is 12.9. The van der Waals surface area contributed by atoms with Crippen molar-refractivity contribution in [2.45, 2.75) is 25.8 Å². The van der Waals surface area contributed by atoms with Crippen LogP contribution in [0, 0.1) is 12.7 Å². The molecule has 1 saturated heterocycles. The SMILES string of the molecule is Cc1cc(N(C)C2CCS(=O)(=O)C2)nc(NCCc2ccc(F)cc2)n1. The van der Waals surface area contributed by atoms with Crippen LogP contribution in [-0.2, 0) is 16.3 Å². The molecule has 0 bridgehead atoms. The molecule has 26 heavy (non-hydrogen) atoms. The molecule has 3 rings (SSSR count). The summed E-state index contributed by atoms with van der Waals surface area (Å²) in [6.45, 7) is 2.51. The highest BCUT2D eigenvalue weighted by Gasteiger charge is 2.31. The fourth-order valence-electron chi connectivity index (χ4n) is 3.05. The van der Waals surface area contributed by atoms with Gasteiger partial charge in [-0.15, -0.1) is 0 Å². The molecule has 0 saturated carbocycles. The Kier molecular flexibility index (Phi) is 5.41. The fraction of sp³-hybridized carbons (Fsp3) is 0.444. The molecule has 1 unspecified atom stereocenters. The van der Waals surface area contributed by atoms with Crippen molar-refractivity contribution in [1.82, 2.24) is 9.97 Å². The first-order valence-corrected chi connectivity index (χ1v) is 10.4. The minimum absolute atomic E-state index is 0.0543. The van der Waals surface area contributed by atoms with Crippen LogP contribution < -0.4 is 10.2 Å². The summed E-state index contributed by atoms with van der Waals surface area (Å²) in [5.41, 5.74) is 1.84. The smallest absolute Gasteiger partial charge is 0.224 e. The number of rotatable bonds is 6. The summed E-state index contributed by atoms with van der Waals surface area (Å²) in [6.07, 6.45) is 1.35. The van der Waals surface area contributed by atoms with Crippen LogP contribution in [0.25, 0.3) is 0 Å². The first kappa shape index (κ1) is 18.6. The molecule has 0 spiro atoms. The van der Waals surface area contributed by atoms with Gasteiger partial charge in [-0.2, -0.15) is 4.98 Å². The van der Waals surface area contributed by atoms with Gasteiger partial charge in [0.15, 0.2) is 9.84 Å². The lowest BCUT2D eigenvalue weighted by molar-refractivity contribution is 0.600. The summed E-state index contributed by atoms with van der Waals surface area (Å²) in [4.78, 5) is 10.8. The summed E-state index contributed by atoms with van der Waals surface area (Å²) in [5, 5.41) is 3.19. The fourth-order valence-corrected chi connectivity index (χ4v) is 4.82. The topological polar surface area (TPSA) is 75.2 Å². The number of nitrogens with one attached hydrogen (secondary N) is 1. The van der Waals surface area contributed by atoms with Crippen LogP contribution in [0.3, 0.4) is 0 Å². The minimum atomic E-state index is -2.94. The van der Waals surface area contributed by atoms with E-state index in [9.17, 15) is 12.8 Å². The van der Waals surface area contributed by atoms with Gasteiger partial charge in [0, 0.05) is 31.4 Å². The van der Waals surface area contributed by atoms with Crippen molar-refractivity contribution in [2.75, 3.05) is 35.3 Å². The zero-order chi connectivity index (χ0) is 18.7. The number of anilines is 2. The van der Waals surface area contributed by atoms with E-state index in [2.05, 4.69) is 15.3 Å². The number of hydrogen-bond donors (Lipinski definition) is 1. The Morgan fingerprint density at radius 1 is 1.27 bits per heavy atom. The number of halogens is 1. The van der Waals surface area contributed by atoms with Gasteiger partial charge >= 0.3 is 0 Å². The lowest BCUT2D eigenvalue weighted by Crippen LogP contribution is -2.33. The summed E-state index contributed by atoms with van der Waals surface area (Å²) < 4.78 is 36.4. The lowest BCUT2D eigenvalue weighted by atomic mass is 10.1. The van der Waals surface area contributed by atoms with Crippen LogP contribution in [0.2, 0.25) is 0 Å². The molecule has 1 fully saturated rings. The molecule has 1 N–H and O–H groups in total. The monoisotopic (exact) mass is 378 g/mol. The lowest BCUT2D eigenvalue weighted by Gasteiger charge is -2.25. The Bertz CT molecular complexity index is 871. The Balaban J connectivity index is 1.64. The number of aromatic nitrogens is 2. The number of sulfone groups is 1. The third-order valence-corrected chi connectivity index (χ3v) is 6.32. The van der Waals surface area contributed by atoms with Crippen LogP contribution in [0.4, 0.5) is 16.2 Å². The van der Waals surface area contributed by atoms with Crippen molar-refractivity contribution < 1.29 is 12.8 Å². The maximum Gasteiger partial charge on any atom is 0.224 e. The zero-order valence-corrected chi connectivity index (χ0v) is 15.8. The average molecular weight is 378 g/mol. The summed E-state index contributed by atoms with van der Waals surface area (Å²) >= 11 is 0. The summed E-state index contributed by atoms with van der Waals surface area (Å²) in [6, 6.07) is 8.21. The minimum Gasteiger partial charge on any atom is -0.355 e. The van der Waals surface area contributed by atoms with E-state index >= 15 is 0 Å². The van der Waals surface area contributed by atoms with E-state index in [4.69, 9.17) is 0 Å². The molecule has 1 atom stereocenters. The maximum atomic E-state index is 12.9. The van der Waals surface area contributed by atoms with Gasteiger partial charge in [0.25, 0.3) is 0 Å². The van der Waals surface area contributed by atoms with Gasteiger partial charge < -0.3 is 10.2 Å². The highest BCUT2D eigenvalue weighted by atomic mass is 32.2. The van der Waals surface area contributed by atoms with Crippen LogP contribution in [0.5, 0.6) is 0 Å². The van der Waals surface area contributed by atoms with Gasteiger partial charge in [0.1, 0.15) is 11.6 Å². The van der Waals surface area contributed by atoms with Gasteiger partial charge in [-0.05, 0) is 37.5 Å². The molecule has 0 radical (unpaired) electrons. The van der Waals surface area contributed by atoms with Crippen LogP contribution in [-0.4, -0.2) is 49.5 Å². The number of hydrogen-bond acceptors (Lipinski definition) is 6. The normalized spacial score (nSPS) is 18.7. The summed E-state index contributed by atoms with van der Waals surface area (Å²) in [5.74, 6) is 1.37. The Hall–Kier alpha value is -2.22. The van der Waals surface area contributed by atoms with E-state index in [0.29, 0.717) is 24.7 Å².